The molecule has 24 heavy (non-hydrogen) atoms. The van der Waals surface area contributed by atoms with Gasteiger partial charge in [0, 0.05) is 11.3 Å². The largest absolute Gasteiger partial charge is 0.496 e. The van der Waals surface area contributed by atoms with Crippen LogP contribution in [0, 0.1) is 12.7 Å². The van der Waals surface area contributed by atoms with E-state index in [2.05, 4.69) is 23.8 Å². The lowest BCUT2D eigenvalue weighted by atomic mass is 10.1. The highest BCUT2D eigenvalue weighted by molar-refractivity contribution is 7.99. The highest BCUT2D eigenvalue weighted by Gasteiger charge is 2.32. The van der Waals surface area contributed by atoms with Crippen molar-refractivity contribution in [2.45, 2.75) is 24.3 Å². The average molecular weight is 348 g/mol. The number of thioether (sulfide) groups is 1. The van der Waals surface area contributed by atoms with E-state index in [1.54, 1.807) is 29.9 Å². The van der Waals surface area contributed by atoms with Crippen LogP contribution >= 0.6 is 11.8 Å². The van der Waals surface area contributed by atoms with Gasteiger partial charge in [0.05, 0.1) is 7.11 Å². The summed E-state index contributed by atoms with van der Waals surface area (Å²) >= 11 is 1.64. The summed E-state index contributed by atoms with van der Waals surface area (Å²) in [5.41, 5.74) is 9.20. The fraction of sp³-hybridized carbons (Fsp3) is 0.294. The molecule has 1 saturated heterocycles. The molecule has 7 heteroatoms. The Kier molecular flexibility index (Phi) is 5.37. The number of hydrazine groups is 2. The SMILES string of the molecule is COc1ccc(C)cc1CSC1NNC(c2cccc(F)c2)N1N. The van der Waals surface area contributed by atoms with E-state index in [0.29, 0.717) is 0 Å². The summed E-state index contributed by atoms with van der Waals surface area (Å²) < 4.78 is 18.8. The van der Waals surface area contributed by atoms with Gasteiger partial charge in [-0.25, -0.2) is 15.2 Å². The van der Waals surface area contributed by atoms with Crippen molar-refractivity contribution in [2.24, 2.45) is 5.84 Å². The summed E-state index contributed by atoms with van der Waals surface area (Å²) in [7, 11) is 1.67. The Labute approximate surface area is 145 Å². The molecule has 0 bridgehead atoms. The van der Waals surface area contributed by atoms with Crippen molar-refractivity contribution in [3.8, 4) is 5.75 Å². The number of halogens is 1. The number of nitrogens with two attached hydrogens (primary N) is 1. The number of nitrogens with one attached hydrogen (secondary N) is 2. The molecule has 128 valence electrons. The molecule has 4 N–H and O–H groups in total. The van der Waals surface area contributed by atoms with Crippen molar-refractivity contribution in [1.82, 2.24) is 15.9 Å². The van der Waals surface area contributed by atoms with Gasteiger partial charge >= 0.3 is 0 Å². The quantitative estimate of drug-likeness (QED) is 0.722. The van der Waals surface area contributed by atoms with Gasteiger partial charge in [-0.3, -0.25) is 5.84 Å². The molecule has 2 aromatic rings. The minimum absolute atomic E-state index is 0.136. The van der Waals surface area contributed by atoms with Gasteiger partial charge in [0.25, 0.3) is 0 Å². The Morgan fingerprint density at radius 2 is 2.08 bits per heavy atom. The van der Waals surface area contributed by atoms with Crippen LogP contribution in [0.25, 0.3) is 0 Å². The first-order valence-electron chi connectivity index (χ1n) is 7.63. The number of nitrogens with zero attached hydrogens (tertiary/aromatic N) is 1. The summed E-state index contributed by atoms with van der Waals surface area (Å²) in [6.07, 6.45) is -0.280. The van der Waals surface area contributed by atoms with Crippen LogP contribution in [0.3, 0.4) is 0 Å². The molecule has 0 aliphatic carbocycles. The van der Waals surface area contributed by atoms with E-state index in [1.807, 2.05) is 18.2 Å². The second-order valence-corrected chi connectivity index (χ2v) is 6.74. The summed E-state index contributed by atoms with van der Waals surface area (Å²) in [6.45, 7) is 2.05. The summed E-state index contributed by atoms with van der Waals surface area (Å²) in [5, 5.41) is 1.65. The fourth-order valence-electron chi connectivity index (χ4n) is 2.68. The van der Waals surface area contributed by atoms with Gasteiger partial charge in [-0.05, 0) is 30.7 Å². The smallest absolute Gasteiger partial charge is 0.135 e. The first-order chi connectivity index (χ1) is 11.6. The minimum atomic E-state index is -0.280. The van der Waals surface area contributed by atoms with Crippen LogP contribution in [-0.2, 0) is 5.75 Å². The Hall–Kier alpha value is -1.64. The molecule has 2 unspecified atom stereocenters. The molecular weight excluding hydrogens is 327 g/mol. The van der Waals surface area contributed by atoms with Gasteiger partial charge in [-0.15, -0.1) is 11.8 Å². The molecule has 0 amide bonds. The van der Waals surface area contributed by atoms with E-state index < -0.39 is 0 Å². The molecule has 3 rings (SSSR count). The van der Waals surface area contributed by atoms with Crippen molar-refractivity contribution in [2.75, 3.05) is 7.11 Å². The third-order valence-electron chi connectivity index (χ3n) is 3.91. The van der Waals surface area contributed by atoms with Gasteiger partial charge in [0.15, 0.2) is 0 Å². The number of hydrogen-bond donors (Lipinski definition) is 3. The molecule has 0 radical (unpaired) electrons. The highest BCUT2D eigenvalue weighted by Crippen LogP contribution is 2.30. The minimum Gasteiger partial charge on any atom is -0.496 e. The van der Waals surface area contributed by atoms with Crippen molar-refractivity contribution in [3.05, 3.63) is 65.0 Å². The molecular formula is C17H21FN4OS. The molecule has 5 nitrogen and oxygen atoms in total. The lowest BCUT2D eigenvalue weighted by Gasteiger charge is -2.23. The van der Waals surface area contributed by atoms with Crippen LogP contribution in [0.15, 0.2) is 42.5 Å². The predicted octanol–water partition coefficient (Wildman–Crippen LogP) is 2.64. The molecule has 0 saturated carbocycles. The molecule has 1 aliphatic rings. The molecule has 2 atom stereocenters. The number of hydrogen-bond acceptors (Lipinski definition) is 6. The Morgan fingerprint density at radius 1 is 1.25 bits per heavy atom. The molecule has 1 aliphatic heterocycles. The zero-order valence-electron chi connectivity index (χ0n) is 13.6. The number of aryl methyl sites for hydroxylation is 1. The van der Waals surface area contributed by atoms with E-state index in [-0.39, 0.29) is 17.5 Å². The van der Waals surface area contributed by atoms with Crippen molar-refractivity contribution < 1.29 is 9.13 Å². The van der Waals surface area contributed by atoms with Gasteiger partial charge in [-0.1, -0.05) is 29.8 Å². The van der Waals surface area contributed by atoms with Crippen LogP contribution in [0.1, 0.15) is 22.9 Å². The Balaban J connectivity index is 1.66. The first kappa shape index (κ1) is 17.2. The van der Waals surface area contributed by atoms with Crippen molar-refractivity contribution in [1.29, 1.82) is 0 Å². The van der Waals surface area contributed by atoms with Gasteiger partial charge in [0.1, 0.15) is 23.2 Å². The van der Waals surface area contributed by atoms with E-state index >= 15 is 0 Å². The predicted molar refractivity (Wildman–Crippen MR) is 94.3 cm³/mol. The third-order valence-corrected chi connectivity index (χ3v) is 5.06. The third kappa shape index (κ3) is 3.71. The van der Waals surface area contributed by atoms with E-state index in [4.69, 9.17) is 10.6 Å². The number of methoxy groups -OCH3 is 1. The molecule has 1 heterocycles. The standard InChI is InChI=1S/C17H21FN4OS/c1-11-6-7-15(23-2)13(8-11)10-24-17-21-20-16(22(17)19)12-4-3-5-14(18)9-12/h3-9,16-17,20-21H,10,19H2,1-2H3. The Bertz CT molecular complexity index is 715. The number of ether oxygens (including phenoxy) is 1. The maximum absolute atomic E-state index is 13.4. The zero-order valence-corrected chi connectivity index (χ0v) is 14.4. The first-order valence-corrected chi connectivity index (χ1v) is 8.68. The van der Waals surface area contributed by atoms with Crippen molar-refractivity contribution >= 4 is 11.8 Å². The van der Waals surface area contributed by atoms with Crippen LogP contribution < -0.4 is 21.4 Å². The molecule has 0 aromatic heterocycles. The maximum atomic E-state index is 13.4. The van der Waals surface area contributed by atoms with Gasteiger partial charge in [-0.2, -0.15) is 5.01 Å². The second kappa shape index (κ2) is 7.50. The van der Waals surface area contributed by atoms with E-state index in [1.165, 1.54) is 17.7 Å². The van der Waals surface area contributed by atoms with Gasteiger partial charge in [0.2, 0.25) is 0 Å². The van der Waals surface area contributed by atoms with E-state index in [0.717, 1.165) is 22.6 Å². The summed E-state index contributed by atoms with van der Waals surface area (Å²) in [4.78, 5) is 0. The van der Waals surface area contributed by atoms with Crippen LogP contribution in [0.5, 0.6) is 5.75 Å². The molecule has 2 aromatic carbocycles. The summed E-state index contributed by atoms with van der Waals surface area (Å²) in [5.74, 6) is 7.54. The Morgan fingerprint density at radius 3 is 2.83 bits per heavy atom. The van der Waals surface area contributed by atoms with Crippen molar-refractivity contribution in [3.63, 3.8) is 0 Å². The zero-order chi connectivity index (χ0) is 17.1. The monoisotopic (exact) mass is 348 g/mol. The molecule has 0 spiro atoms. The molecule has 1 fully saturated rings. The number of rotatable bonds is 5. The number of benzene rings is 2. The van der Waals surface area contributed by atoms with Crippen LogP contribution in [0.2, 0.25) is 0 Å². The van der Waals surface area contributed by atoms with Crippen LogP contribution in [0.4, 0.5) is 4.39 Å². The normalized spacial score (nSPS) is 21.2. The lowest BCUT2D eigenvalue weighted by Crippen LogP contribution is -2.39. The maximum Gasteiger partial charge on any atom is 0.135 e. The van der Waals surface area contributed by atoms with Crippen LogP contribution in [-0.4, -0.2) is 17.6 Å². The topological polar surface area (TPSA) is 62.5 Å². The fourth-order valence-corrected chi connectivity index (χ4v) is 3.69. The van der Waals surface area contributed by atoms with E-state index in [9.17, 15) is 4.39 Å². The summed E-state index contributed by atoms with van der Waals surface area (Å²) in [6, 6.07) is 12.5. The second-order valence-electron chi connectivity index (χ2n) is 5.67. The lowest BCUT2D eigenvalue weighted by molar-refractivity contribution is 0.236. The average Bonchev–Trinajstić information content (AvgIpc) is 2.94. The highest BCUT2D eigenvalue weighted by atomic mass is 32.2. The van der Waals surface area contributed by atoms with Gasteiger partial charge < -0.3 is 4.74 Å².